The minimum absolute atomic E-state index is 0.0184. The Balaban J connectivity index is 1.89. The molecule has 0 aliphatic carbocycles. The quantitative estimate of drug-likeness (QED) is 0.404. The Morgan fingerprint density at radius 2 is 1.77 bits per heavy atom. The van der Waals surface area contributed by atoms with Crippen molar-refractivity contribution in [1.29, 1.82) is 0 Å². The lowest BCUT2D eigenvalue weighted by Gasteiger charge is -2.19. The average Bonchev–Trinajstić information content (AvgIpc) is 2.75. The Bertz CT molecular complexity index is 1310. The van der Waals surface area contributed by atoms with Crippen LogP contribution in [0, 0.1) is 6.92 Å². The number of fused-ring (bicyclic) bond motifs is 1. The number of benzene rings is 2. The first-order chi connectivity index (χ1) is 14.7. The minimum Gasteiger partial charge on any atom is -0.452 e. The number of nitrogens with zero attached hydrogens (tertiary/aromatic N) is 1. The topological polar surface area (TPSA) is 69.4 Å². The molecule has 2 aromatic heterocycles. The van der Waals surface area contributed by atoms with E-state index in [1.54, 1.807) is 30.5 Å². The predicted octanol–water partition coefficient (Wildman–Crippen LogP) is 5.68. The maximum absolute atomic E-state index is 13.3. The molecule has 0 amide bonds. The van der Waals surface area contributed by atoms with Crippen LogP contribution in [0.5, 0.6) is 5.75 Å². The minimum atomic E-state index is -0.667. The summed E-state index contributed by atoms with van der Waals surface area (Å²) in [5, 5.41) is 0.356. The van der Waals surface area contributed by atoms with Crippen LogP contribution < -0.4 is 10.2 Å². The molecule has 0 bridgehead atoms. The van der Waals surface area contributed by atoms with Gasteiger partial charge in [0.1, 0.15) is 5.58 Å². The van der Waals surface area contributed by atoms with E-state index in [-0.39, 0.29) is 22.5 Å². The second-order valence-corrected chi connectivity index (χ2v) is 8.55. The normalized spacial score (nSPS) is 11.5. The molecule has 156 valence electrons. The van der Waals surface area contributed by atoms with Crippen molar-refractivity contribution in [3.8, 4) is 17.1 Å². The zero-order valence-corrected chi connectivity index (χ0v) is 17.9. The van der Waals surface area contributed by atoms with Crippen LogP contribution in [0.2, 0.25) is 0 Å². The highest BCUT2D eigenvalue weighted by Gasteiger charge is 2.22. The molecule has 2 heterocycles. The van der Waals surface area contributed by atoms with Gasteiger partial charge in [-0.2, -0.15) is 0 Å². The van der Waals surface area contributed by atoms with E-state index >= 15 is 0 Å². The fourth-order valence-electron chi connectivity index (χ4n) is 3.32. The number of carbonyl (C=O) groups excluding carboxylic acids is 1. The Kier molecular flexibility index (Phi) is 5.19. The third-order valence-corrected chi connectivity index (χ3v) is 5.11. The fraction of sp³-hybridized carbons (Fsp3) is 0.192. The van der Waals surface area contributed by atoms with Gasteiger partial charge in [0.15, 0.2) is 5.76 Å². The monoisotopic (exact) mass is 413 g/mol. The molecule has 0 fully saturated rings. The van der Waals surface area contributed by atoms with Crippen molar-refractivity contribution in [3.05, 3.63) is 93.9 Å². The van der Waals surface area contributed by atoms with E-state index in [2.05, 4.69) is 25.8 Å². The lowest BCUT2D eigenvalue weighted by Crippen LogP contribution is -2.16. The SMILES string of the molecule is Cc1ccc2c(=O)c(OC(=O)c3cccnc3)c(-c3ccc(C(C)(C)C)cc3)oc2c1. The Labute approximate surface area is 180 Å². The molecule has 0 atom stereocenters. The lowest BCUT2D eigenvalue weighted by atomic mass is 9.86. The van der Waals surface area contributed by atoms with E-state index < -0.39 is 11.4 Å². The van der Waals surface area contributed by atoms with Gasteiger partial charge in [0.2, 0.25) is 11.2 Å². The summed E-state index contributed by atoms with van der Waals surface area (Å²) in [5.74, 6) is -0.575. The Morgan fingerprint density at radius 3 is 2.42 bits per heavy atom. The van der Waals surface area contributed by atoms with Gasteiger partial charge in [-0.15, -0.1) is 0 Å². The molecule has 5 nitrogen and oxygen atoms in total. The molecule has 0 spiro atoms. The maximum Gasteiger partial charge on any atom is 0.345 e. The van der Waals surface area contributed by atoms with E-state index in [0.29, 0.717) is 16.5 Å². The van der Waals surface area contributed by atoms with Crippen LogP contribution in [-0.4, -0.2) is 11.0 Å². The summed E-state index contributed by atoms with van der Waals surface area (Å²) in [6, 6.07) is 16.3. The summed E-state index contributed by atoms with van der Waals surface area (Å²) in [4.78, 5) is 29.9. The summed E-state index contributed by atoms with van der Waals surface area (Å²) < 4.78 is 11.7. The van der Waals surface area contributed by atoms with Crippen molar-refractivity contribution in [2.24, 2.45) is 0 Å². The number of hydrogen-bond acceptors (Lipinski definition) is 5. The highest BCUT2D eigenvalue weighted by Crippen LogP contribution is 2.33. The van der Waals surface area contributed by atoms with Crippen LogP contribution in [-0.2, 0) is 5.41 Å². The number of aromatic nitrogens is 1. The molecule has 0 aliphatic heterocycles. The summed E-state index contributed by atoms with van der Waals surface area (Å²) >= 11 is 0. The second-order valence-electron chi connectivity index (χ2n) is 8.55. The van der Waals surface area contributed by atoms with Crippen LogP contribution in [0.3, 0.4) is 0 Å². The molecule has 0 aliphatic rings. The smallest absolute Gasteiger partial charge is 0.345 e. The summed E-state index contributed by atoms with van der Waals surface area (Å²) in [7, 11) is 0. The second kappa shape index (κ2) is 7.84. The van der Waals surface area contributed by atoms with Crippen LogP contribution in [0.15, 0.2) is 76.2 Å². The van der Waals surface area contributed by atoms with E-state index in [1.807, 2.05) is 37.3 Å². The standard InChI is InChI=1S/C26H23NO4/c1-16-7-12-20-21(14-16)30-23(17-8-10-19(11-9-17)26(2,3)4)24(22(20)28)31-25(29)18-6-5-13-27-15-18/h5-15H,1-4H3. The van der Waals surface area contributed by atoms with E-state index in [9.17, 15) is 9.59 Å². The number of aryl methyl sites for hydroxylation is 1. The van der Waals surface area contributed by atoms with Gasteiger partial charge in [0.05, 0.1) is 10.9 Å². The summed E-state index contributed by atoms with van der Waals surface area (Å²) in [5.41, 5.74) is 3.04. The average molecular weight is 413 g/mol. The molecule has 5 heteroatoms. The van der Waals surface area contributed by atoms with Crippen LogP contribution in [0.1, 0.15) is 42.3 Å². The van der Waals surface area contributed by atoms with E-state index in [4.69, 9.17) is 9.15 Å². The molecule has 0 radical (unpaired) electrons. The van der Waals surface area contributed by atoms with E-state index in [1.165, 1.54) is 6.20 Å². The van der Waals surface area contributed by atoms with Gasteiger partial charge in [0, 0.05) is 18.0 Å². The van der Waals surface area contributed by atoms with Crippen molar-refractivity contribution in [1.82, 2.24) is 4.98 Å². The van der Waals surface area contributed by atoms with Crippen molar-refractivity contribution in [3.63, 3.8) is 0 Å². The van der Waals surface area contributed by atoms with Gasteiger partial charge in [-0.1, -0.05) is 51.1 Å². The molecule has 0 saturated carbocycles. The van der Waals surface area contributed by atoms with Crippen LogP contribution in [0.4, 0.5) is 0 Å². The Hall–Kier alpha value is -3.73. The molecular weight excluding hydrogens is 390 g/mol. The highest BCUT2D eigenvalue weighted by atomic mass is 16.5. The number of carbonyl (C=O) groups is 1. The number of ether oxygens (including phenoxy) is 1. The van der Waals surface area contributed by atoms with Crippen LogP contribution >= 0.6 is 0 Å². The number of pyridine rings is 1. The van der Waals surface area contributed by atoms with Gasteiger partial charge in [0.25, 0.3) is 0 Å². The van der Waals surface area contributed by atoms with Crippen LogP contribution in [0.25, 0.3) is 22.3 Å². The molecule has 4 aromatic rings. The first kappa shape index (κ1) is 20.5. The summed E-state index contributed by atoms with van der Waals surface area (Å²) in [6.45, 7) is 8.31. The molecule has 4 rings (SSSR count). The zero-order chi connectivity index (χ0) is 22.2. The van der Waals surface area contributed by atoms with Gasteiger partial charge in [-0.05, 0) is 47.7 Å². The first-order valence-corrected chi connectivity index (χ1v) is 10.0. The van der Waals surface area contributed by atoms with Crippen molar-refractivity contribution in [2.75, 3.05) is 0 Å². The zero-order valence-electron chi connectivity index (χ0n) is 17.9. The lowest BCUT2D eigenvalue weighted by molar-refractivity contribution is 0.0731. The van der Waals surface area contributed by atoms with Crippen molar-refractivity contribution in [2.45, 2.75) is 33.1 Å². The number of rotatable bonds is 3. The molecule has 2 aromatic carbocycles. The van der Waals surface area contributed by atoms with Crippen molar-refractivity contribution < 1.29 is 13.9 Å². The largest absolute Gasteiger partial charge is 0.452 e. The highest BCUT2D eigenvalue weighted by molar-refractivity contribution is 5.92. The molecule has 31 heavy (non-hydrogen) atoms. The van der Waals surface area contributed by atoms with Gasteiger partial charge in [-0.3, -0.25) is 9.78 Å². The summed E-state index contributed by atoms with van der Waals surface area (Å²) in [6.07, 6.45) is 2.96. The third kappa shape index (κ3) is 4.12. The molecular formula is C26H23NO4. The van der Waals surface area contributed by atoms with Crippen molar-refractivity contribution >= 4 is 16.9 Å². The number of esters is 1. The Morgan fingerprint density at radius 1 is 1.03 bits per heavy atom. The van der Waals surface area contributed by atoms with Gasteiger partial charge in [-0.25, -0.2) is 4.79 Å². The molecule has 0 saturated heterocycles. The van der Waals surface area contributed by atoms with E-state index in [0.717, 1.165) is 11.1 Å². The van der Waals surface area contributed by atoms with Gasteiger partial charge >= 0.3 is 5.97 Å². The first-order valence-electron chi connectivity index (χ1n) is 10.0. The molecule has 0 N–H and O–H groups in total. The predicted molar refractivity (Wildman–Crippen MR) is 121 cm³/mol. The third-order valence-electron chi connectivity index (χ3n) is 5.11. The molecule has 0 unspecified atom stereocenters. The van der Waals surface area contributed by atoms with Gasteiger partial charge < -0.3 is 9.15 Å². The fourth-order valence-corrected chi connectivity index (χ4v) is 3.32. The number of hydrogen-bond donors (Lipinski definition) is 0. The maximum atomic E-state index is 13.3.